The first-order chi connectivity index (χ1) is 11.1. The molecule has 0 aliphatic carbocycles. The summed E-state index contributed by atoms with van der Waals surface area (Å²) in [4.78, 5) is 36.8. The van der Waals surface area contributed by atoms with Crippen molar-refractivity contribution in [2.75, 3.05) is 13.1 Å². The van der Waals surface area contributed by atoms with Crippen LogP contribution in [0.15, 0.2) is 39.7 Å². The number of furan rings is 1. The van der Waals surface area contributed by atoms with Crippen molar-refractivity contribution in [1.82, 2.24) is 20.4 Å². The van der Waals surface area contributed by atoms with E-state index in [4.69, 9.17) is 4.42 Å². The van der Waals surface area contributed by atoms with Gasteiger partial charge >= 0.3 is 0 Å². The number of likely N-dealkylation sites (tertiary alicyclic amines) is 1. The number of piperidine rings is 1. The maximum Gasteiger partial charge on any atom is 0.287 e. The van der Waals surface area contributed by atoms with E-state index in [2.05, 4.69) is 15.5 Å². The minimum absolute atomic E-state index is 0.000175. The topological polar surface area (TPSA) is 108 Å². The number of aromatic amines is 1. The average Bonchev–Trinajstić information content (AvgIpc) is 3.10. The zero-order chi connectivity index (χ0) is 16.2. The highest BCUT2D eigenvalue weighted by atomic mass is 16.3. The van der Waals surface area contributed by atoms with E-state index < -0.39 is 0 Å². The monoisotopic (exact) mass is 316 g/mol. The number of H-pyrrole nitrogens is 1. The highest BCUT2D eigenvalue weighted by molar-refractivity contribution is 5.92. The van der Waals surface area contributed by atoms with Gasteiger partial charge in [-0.2, -0.15) is 5.10 Å². The number of rotatable bonds is 3. The van der Waals surface area contributed by atoms with Gasteiger partial charge < -0.3 is 14.6 Å². The summed E-state index contributed by atoms with van der Waals surface area (Å²) < 4.78 is 5.05. The van der Waals surface area contributed by atoms with Gasteiger partial charge in [-0.1, -0.05) is 0 Å². The predicted octanol–water partition coefficient (Wildman–Crippen LogP) is 0.398. The first-order valence-corrected chi connectivity index (χ1v) is 7.33. The van der Waals surface area contributed by atoms with E-state index in [0.717, 1.165) is 0 Å². The molecule has 3 heterocycles. The highest BCUT2D eigenvalue weighted by Crippen LogP contribution is 2.13. The molecule has 1 aliphatic heterocycles. The van der Waals surface area contributed by atoms with Gasteiger partial charge in [-0.25, -0.2) is 5.10 Å². The Labute approximate surface area is 131 Å². The van der Waals surface area contributed by atoms with Crippen molar-refractivity contribution in [2.24, 2.45) is 0 Å². The fraction of sp³-hybridized carbons (Fsp3) is 0.333. The molecule has 2 aromatic rings. The zero-order valence-corrected chi connectivity index (χ0v) is 12.3. The van der Waals surface area contributed by atoms with Gasteiger partial charge in [0.2, 0.25) is 0 Å². The molecule has 0 atom stereocenters. The second-order valence-electron chi connectivity index (χ2n) is 5.32. The van der Waals surface area contributed by atoms with Crippen molar-refractivity contribution >= 4 is 11.8 Å². The van der Waals surface area contributed by atoms with Crippen molar-refractivity contribution in [3.8, 4) is 0 Å². The maximum atomic E-state index is 12.3. The molecule has 0 saturated carbocycles. The molecule has 2 N–H and O–H groups in total. The highest BCUT2D eigenvalue weighted by Gasteiger charge is 2.26. The second kappa shape index (κ2) is 6.47. The van der Waals surface area contributed by atoms with E-state index in [1.165, 1.54) is 18.4 Å². The van der Waals surface area contributed by atoms with E-state index in [1.54, 1.807) is 17.0 Å². The van der Waals surface area contributed by atoms with Crippen molar-refractivity contribution in [3.63, 3.8) is 0 Å². The van der Waals surface area contributed by atoms with Crippen molar-refractivity contribution in [3.05, 3.63) is 52.3 Å². The molecule has 8 heteroatoms. The molecule has 0 spiro atoms. The summed E-state index contributed by atoms with van der Waals surface area (Å²) in [5, 5.41) is 8.89. The van der Waals surface area contributed by atoms with E-state index in [9.17, 15) is 14.4 Å². The van der Waals surface area contributed by atoms with Crippen LogP contribution in [0.3, 0.4) is 0 Å². The third-order valence-corrected chi connectivity index (χ3v) is 3.76. The molecule has 1 saturated heterocycles. The Balaban J connectivity index is 1.54. The van der Waals surface area contributed by atoms with Crippen molar-refractivity contribution in [2.45, 2.75) is 18.9 Å². The largest absolute Gasteiger partial charge is 0.459 e. The molecular formula is C15H16N4O4. The van der Waals surface area contributed by atoms with Crippen LogP contribution in [0.4, 0.5) is 0 Å². The van der Waals surface area contributed by atoms with E-state index in [1.807, 2.05) is 0 Å². The number of nitrogens with one attached hydrogen (secondary N) is 2. The van der Waals surface area contributed by atoms with Gasteiger partial charge in [-0.15, -0.1) is 0 Å². The Morgan fingerprint density at radius 1 is 1.26 bits per heavy atom. The Morgan fingerprint density at radius 2 is 2.04 bits per heavy atom. The summed E-state index contributed by atoms with van der Waals surface area (Å²) in [7, 11) is 0. The molecule has 2 amide bonds. The molecule has 0 unspecified atom stereocenters. The van der Waals surface area contributed by atoms with Gasteiger partial charge in [-0.3, -0.25) is 14.4 Å². The number of amides is 2. The van der Waals surface area contributed by atoms with Gasteiger partial charge in [0.25, 0.3) is 17.4 Å². The van der Waals surface area contributed by atoms with Crippen molar-refractivity contribution < 1.29 is 14.0 Å². The Morgan fingerprint density at radius 3 is 2.65 bits per heavy atom. The summed E-state index contributed by atoms with van der Waals surface area (Å²) in [5.74, 6) is -0.194. The lowest BCUT2D eigenvalue weighted by Crippen LogP contribution is -2.46. The molecule has 8 nitrogen and oxygen atoms in total. The Hall–Kier alpha value is -2.90. The Bertz CT molecular complexity index is 725. The van der Waals surface area contributed by atoms with Crippen LogP contribution in [0, 0.1) is 0 Å². The SMILES string of the molecule is O=C(NC1CCN(C(=O)c2ccc(=O)[nH]n2)CC1)c1ccco1. The van der Waals surface area contributed by atoms with Gasteiger partial charge in [-0.05, 0) is 31.0 Å². The van der Waals surface area contributed by atoms with Gasteiger partial charge in [0.15, 0.2) is 5.76 Å². The van der Waals surface area contributed by atoms with E-state index in [-0.39, 0.29) is 34.9 Å². The van der Waals surface area contributed by atoms with Crippen LogP contribution in [0.2, 0.25) is 0 Å². The summed E-state index contributed by atoms with van der Waals surface area (Å²) in [6.45, 7) is 1.03. The first kappa shape index (κ1) is 15.0. The smallest absolute Gasteiger partial charge is 0.287 e. The van der Waals surface area contributed by atoms with Gasteiger partial charge in [0.1, 0.15) is 5.69 Å². The van der Waals surface area contributed by atoms with Gasteiger partial charge in [0.05, 0.1) is 6.26 Å². The third kappa shape index (κ3) is 3.47. The number of carbonyl (C=O) groups excluding carboxylic acids is 2. The summed E-state index contributed by atoms with van der Waals surface area (Å²) in [5.41, 5.74) is -0.136. The molecule has 0 bridgehead atoms. The molecular weight excluding hydrogens is 300 g/mol. The number of carbonyl (C=O) groups is 2. The second-order valence-corrected chi connectivity index (χ2v) is 5.32. The fourth-order valence-corrected chi connectivity index (χ4v) is 2.52. The van der Waals surface area contributed by atoms with Crippen LogP contribution >= 0.6 is 0 Å². The quantitative estimate of drug-likeness (QED) is 0.852. The van der Waals surface area contributed by atoms with Crippen LogP contribution in [0.25, 0.3) is 0 Å². The van der Waals surface area contributed by atoms with Crippen LogP contribution in [0.1, 0.15) is 33.9 Å². The molecule has 2 aromatic heterocycles. The third-order valence-electron chi connectivity index (χ3n) is 3.76. The zero-order valence-electron chi connectivity index (χ0n) is 12.3. The minimum Gasteiger partial charge on any atom is -0.459 e. The summed E-state index contributed by atoms with van der Waals surface area (Å²) >= 11 is 0. The molecule has 1 aliphatic rings. The van der Waals surface area contributed by atoms with Crippen molar-refractivity contribution in [1.29, 1.82) is 0 Å². The van der Waals surface area contributed by atoms with Crippen LogP contribution in [-0.2, 0) is 0 Å². The maximum absolute atomic E-state index is 12.3. The van der Waals surface area contributed by atoms with Crippen LogP contribution < -0.4 is 10.9 Å². The number of aromatic nitrogens is 2. The molecule has 23 heavy (non-hydrogen) atoms. The summed E-state index contributed by atoms with van der Waals surface area (Å²) in [6, 6.07) is 5.95. The molecule has 3 rings (SSSR count). The lowest BCUT2D eigenvalue weighted by Gasteiger charge is -2.31. The van der Waals surface area contributed by atoms with Crippen LogP contribution in [0.5, 0.6) is 0 Å². The molecule has 1 fully saturated rings. The molecule has 120 valence electrons. The van der Waals surface area contributed by atoms with E-state index >= 15 is 0 Å². The number of nitrogens with zero attached hydrogens (tertiary/aromatic N) is 2. The normalized spacial score (nSPS) is 15.4. The Kier molecular flexibility index (Phi) is 4.22. The minimum atomic E-state index is -0.346. The van der Waals surface area contributed by atoms with E-state index in [0.29, 0.717) is 25.9 Å². The van der Waals surface area contributed by atoms with Crippen LogP contribution in [-0.4, -0.2) is 46.0 Å². The standard InChI is InChI=1S/C15H16N4O4/c20-13-4-3-11(17-18-13)15(22)19-7-5-10(6-8-19)16-14(21)12-2-1-9-23-12/h1-4,9-10H,5-8H2,(H,16,21)(H,18,20). The molecule has 0 aromatic carbocycles. The first-order valence-electron chi connectivity index (χ1n) is 7.33. The lowest BCUT2D eigenvalue weighted by molar-refractivity contribution is 0.0689. The lowest BCUT2D eigenvalue weighted by atomic mass is 10.0. The molecule has 0 radical (unpaired) electrons. The predicted molar refractivity (Wildman–Crippen MR) is 80.0 cm³/mol. The summed E-state index contributed by atoms with van der Waals surface area (Å²) in [6.07, 6.45) is 2.76. The number of hydrogen-bond acceptors (Lipinski definition) is 5. The number of hydrogen-bond donors (Lipinski definition) is 2. The average molecular weight is 316 g/mol. The fourth-order valence-electron chi connectivity index (χ4n) is 2.52. The van der Waals surface area contributed by atoms with Gasteiger partial charge in [0, 0.05) is 25.2 Å².